The highest BCUT2D eigenvalue weighted by atomic mass is 14.9. The van der Waals surface area contributed by atoms with Gasteiger partial charge in [0.15, 0.2) is 5.82 Å². The Hall–Kier alpha value is -1.58. The van der Waals surface area contributed by atoms with E-state index >= 15 is 0 Å². The molecule has 4 heteroatoms. The van der Waals surface area contributed by atoms with Crippen LogP contribution in [0.15, 0.2) is 12.5 Å². The molecular formula is C6H5N4. The third-order valence-electron chi connectivity index (χ3n) is 1.29. The standard InChI is InChI=1S/C6H5N4/c7-6-5-4(1-2-8-6)9-3-10-5/h2-3H,(H2,7,8)(H,9,10). The molecule has 0 unspecified atom stereocenters. The molecule has 3 N–H and O–H groups in total. The first-order valence-corrected chi connectivity index (χ1v) is 2.83. The highest BCUT2D eigenvalue weighted by Gasteiger charge is 1.98. The van der Waals surface area contributed by atoms with Crippen LogP contribution in [0.2, 0.25) is 0 Å². The molecule has 0 fully saturated rings. The molecule has 2 rings (SSSR count). The number of nitrogen functional groups attached to an aromatic ring is 1. The number of aromatic amines is 1. The second-order valence-electron chi connectivity index (χ2n) is 1.91. The molecule has 0 atom stereocenters. The smallest absolute Gasteiger partial charge is 0.151 e. The summed E-state index contributed by atoms with van der Waals surface area (Å²) in [5.74, 6) is 0.440. The summed E-state index contributed by atoms with van der Waals surface area (Å²) in [6, 6.07) is 2.86. The van der Waals surface area contributed by atoms with Crippen molar-refractivity contribution < 1.29 is 0 Å². The Bertz CT molecular complexity index is 351. The van der Waals surface area contributed by atoms with Crippen molar-refractivity contribution in [3.05, 3.63) is 18.6 Å². The first-order valence-electron chi connectivity index (χ1n) is 2.83. The van der Waals surface area contributed by atoms with Gasteiger partial charge in [-0.3, -0.25) is 0 Å². The predicted molar refractivity (Wildman–Crippen MR) is 37.1 cm³/mol. The van der Waals surface area contributed by atoms with Gasteiger partial charge >= 0.3 is 0 Å². The fraction of sp³-hybridized carbons (Fsp3) is 0. The van der Waals surface area contributed by atoms with Crippen LogP contribution in [-0.4, -0.2) is 15.0 Å². The number of fused-ring (bicyclic) bond motifs is 1. The molecule has 2 heterocycles. The van der Waals surface area contributed by atoms with Gasteiger partial charge in [-0.2, -0.15) is 0 Å². The Labute approximate surface area is 57.1 Å². The summed E-state index contributed by atoms with van der Waals surface area (Å²) in [6.45, 7) is 0. The van der Waals surface area contributed by atoms with Gasteiger partial charge in [0, 0.05) is 12.3 Å². The van der Waals surface area contributed by atoms with E-state index in [0.29, 0.717) is 11.3 Å². The Morgan fingerprint density at radius 1 is 1.50 bits per heavy atom. The summed E-state index contributed by atoms with van der Waals surface area (Å²) in [5, 5.41) is 0. The second-order valence-corrected chi connectivity index (χ2v) is 1.91. The highest BCUT2D eigenvalue weighted by Crippen LogP contribution is 2.11. The average molecular weight is 133 g/mol. The van der Waals surface area contributed by atoms with E-state index in [1.54, 1.807) is 6.33 Å². The van der Waals surface area contributed by atoms with Crippen LogP contribution in [0, 0.1) is 6.07 Å². The van der Waals surface area contributed by atoms with Gasteiger partial charge < -0.3 is 10.7 Å². The molecule has 0 saturated carbocycles. The molecule has 4 nitrogen and oxygen atoms in total. The Kier molecular flexibility index (Phi) is 0.887. The lowest BCUT2D eigenvalue weighted by Crippen LogP contribution is -1.89. The molecule has 49 valence electrons. The molecule has 2 aromatic rings. The number of H-pyrrole nitrogens is 1. The summed E-state index contributed by atoms with van der Waals surface area (Å²) in [4.78, 5) is 10.6. The molecule has 0 aromatic carbocycles. The first-order chi connectivity index (χ1) is 4.88. The minimum Gasteiger partial charge on any atom is -0.382 e. The monoisotopic (exact) mass is 133 g/mol. The summed E-state index contributed by atoms with van der Waals surface area (Å²) < 4.78 is 0. The number of rotatable bonds is 0. The van der Waals surface area contributed by atoms with Gasteiger partial charge in [0.25, 0.3) is 0 Å². The zero-order chi connectivity index (χ0) is 6.97. The molecule has 10 heavy (non-hydrogen) atoms. The summed E-state index contributed by atoms with van der Waals surface area (Å²) in [7, 11) is 0. The van der Waals surface area contributed by atoms with E-state index in [4.69, 9.17) is 5.73 Å². The van der Waals surface area contributed by atoms with Gasteiger partial charge in [0.1, 0.15) is 5.52 Å². The predicted octanol–water partition coefficient (Wildman–Crippen LogP) is 0.340. The van der Waals surface area contributed by atoms with Gasteiger partial charge in [0.05, 0.1) is 11.8 Å². The summed E-state index contributed by atoms with van der Waals surface area (Å²) in [5.41, 5.74) is 6.97. The number of nitrogens with zero attached hydrogens (tertiary/aromatic N) is 2. The molecule has 0 bridgehead atoms. The summed E-state index contributed by atoms with van der Waals surface area (Å²) >= 11 is 0. The molecule has 0 spiro atoms. The Morgan fingerprint density at radius 3 is 3.20 bits per heavy atom. The number of aromatic nitrogens is 3. The number of hydrogen-bond acceptors (Lipinski definition) is 3. The Morgan fingerprint density at radius 2 is 2.40 bits per heavy atom. The van der Waals surface area contributed by atoms with Crippen LogP contribution >= 0.6 is 0 Å². The third kappa shape index (κ3) is 0.556. The lowest BCUT2D eigenvalue weighted by molar-refractivity contribution is 1.33. The number of pyridine rings is 1. The zero-order valence-corrected chi connectivity index (χ0v) is 5.13. The third-order valence-corrected chi connectivity index (χ3v) is 1.29. The molecule has 0 aliphatic rings. The number of nitrogens with two attached hydrogens (primary N) is 1. The van der Waals surface area contributed by atoms with E-state index in [0.717, 1.165) is 5.52 Å². The normalized spacial score (nSPS) is 10.4. The van der Waals surface area contributed by atoms with Crippen molar-refractivity contribution in [1.82, 2.24) is 15.0 Å². The molecule has 0 amide bonds. The fourth-order valence-electron chi connectivity index (χ4n) is 0.826. The van der Waals surface area contributed by atoms with Crippen molar-refractivity contribution in [1.29, 1.82) is 0 Å². The zero-order valence-electron chi connectivity index (χ0n) is 5.13. The molecule has 0 saturated heterocycles. The van der Waals surface area contributed by atoms with Crippen molar-refractivity contribution in [2.24, 2.45) is 0 Å². The highest BCUT2D eigenvalue weighted by molar-refractivity contribution is 5.83. The van der Waals surface area contributed by atoms with E-state index in [2.05, 4.69) is 21.0 Å². The minimum atomic E-state index is 0.440. The average Bonchev–Trinajstić information content (AvgIpc) is 2.36. The van der Waals surface area contributed by atoms with E-state index in [9.17, 15) is 0 Å². The largest absolute Gasteiger partial charge is 0.382 e. The number of anilines is 1. The summed E-state index contributed by atoms with van der Waals surface area (Å²) in [6.07, 6.45) is 3.09. The lowest BCUT2D eigenvalue weighted by atomic mass is 10.4. The molecular weight excluding hydrogens is 128 g/mol. The first kappa shape index (κ1) is 5.22. The fourth-order valence-corrected chi connectivity index (χ4v) is 0.826. The van der Waals surface area contributed by atoms with Crippen LogP contribution in [0.4, 0.5) is 5.82 Å². The molecule has 0 aliphatic carbocycles. The van der Waals surface area contributed by atoms with Gasteiger partial charge in [-0.25, -0.2) is 9.97 Å². The van der Waals surface area contributed by atoms with Crippen molar-refractivity contribution in [2.75, 3.05) is 5.73 Å². The second kappa shape index (κ2) is 1.70. The van der Waals surface area contributed by atoms with Crippen LogP contribution in [0.1, 0.15) is 0 Å². The molecule has 2 aromatic heterocycles. The van der Waals surface area contributed by atoms with Crippen LogP contribution in [0.3, 0.4) is 0 Å². The van der Waals surface area contributed by atoms with E-state index in [-0.39, 0.29) is 0 Å². The molecule has 1 radical (unpaired) electrons. The number of nitrogens with one attached hydrogen (secondary N) is 1. The van der Waals surface area contributed by atoms with Crippen molar-refractivity contribution >= 4 is 16.9 Å². The van der Waals surface area contributed by atoms with Crippen LogP contribution in [0.5, 0.6) is 0 Å². The maximum absolute atomic E-state index is 5.49. The topological polar surface area (TPSA) is 67.6 Å². The van der Waals surface area contributed by atoms with Gasteiger partial charge in [0.2, 0.25) is 0 Å². The van der Waals surface area contributed by atoms with Gasteiger partial charge in [-0.1, -0.05) is 0 Å². The quantitative estimate of drug-likeness (QED) is 0.544. The molecule has 0 aliphatic heterocycles. The van der Waals surface area contributed by atoms with Crippen LogP contribution < -0.4 is 5.73 Å². The van der Waals surface area contributed by atoms with Gasteiger partial charge in [-0.05, 0) is 0 Å². The number of imidazole rings is 1. The lowest BCUT2D eigenvalue weighted by Gasteiger charge is -1.89. The Balaban J connectivity index is 2.95. The maximum Gasteiger partial charge on any atom is 0.151 e. The maximum atomic E-state index is 5.49. The van der Waals surface area contributed by atoms with E-state index in [1.807, 2.05) is 0 Å². The van der Waals surface area contributed by atoms with Crippen LogP contribution in [-0.2, 0) is 0 Å². The van der Waals surface area contributed by atoms with Crippen molar-refractivity contribution in [3.8, 4) is 0 Å². The van der Waals surface area contributed by atoms with Crippen LogP contribution in [0.25, 0.3) is 11.0 Å². The SMILES string of the molecule is Nc1nc[c]c2[nH]cnc12. The van der Waals surface area contributed by atoms with Gasteiger partial charge in [-0.15, -0.1) is 0 Å². The van der Waals surface area contributed by atoms with Crippen molar-refractivity contribution in [3.63, 3.8) is 0 Å². The van der Waals surface area contributed by atoms with Crippen molar-refractivity contribution in [2.45, 2.75) is 0 Å². The van der Waals surface area contributed by atoms with E-state index < -0.39 is 0 Å². The number of hydrogen-bond donors (Lipinski definition) is 2. The minimum absolute atomic E-state index is 0.440. The van der Waals surface area contributed by atoms with E-state index in [1.165, 1.54) is 6.20 Å².